The van der Waals surface area contributed by atoms with Crippen LogP contribution in [0.4, 0.5) is 8.78 Å². The van der Waals surface area contributed by atoms with E-state index in [4.69, 9.17) is 5.26 Å². The topological polar surface area (TPSA) is 88.4 Å². The normalized spacial score (nSPS) is 16.3. The standard InChI is InChI=1S/C27H20F2N2O4/c1-16-2-3-17(12-21(16)18-4-6-19(7-5-18)25(33)31-15-30)13-24(32)26(10-11-26)20-8-9-22-23(14-20)35-27(28,29)34-22/h2-9,12,14H,10-11,13H2,1H3,(H,31,33). The van der Waals surface area contributed by atoms with Gasteiger partial charge in [0.1, 0.15) is 5.78 Å². The SMILES string of the molecule is Cc1ccc(CC(=O)C2(c3ccc4c(c3)OC(F)(F)O4)CC2)cc1-c1ccc(C(=O)NC#N)cc1. The summed E-state index contributed by atoms with van der Waals surface area (Å²) in [6.07, 6.45) is -0.597. The Balaban J connectivity index is 1.36. The Labute approximate surface area is 200 Å². The number of hydrogen-bond donors (Lipinski definition) is 1. The number of alkyl halides is 2. The van der Waals surface area contributed by atoms with Crippen LogP contribution in [-0.2, 0) is 16.6 Å². The highest BCUT2D eigenvalue weighted by atomic mass is 19.3. The van der Waals surface area contributed by atoms with Gasteiger partial charge in [-0.05, 0) is 71.8 Å². The highest BCUT2D eigenvalue weighted by Gasteiger charge is 2.52. The number of nitrogens with zero attached hydrogens (tertiary/aromatic N) is 1. The number of carbonyl (C=O) groups excluding carboxylic acids is 2. The first-order chi connectivity index (χ1) is 16.7. The number of nitrogens with one attached hydrogen (secondary N) is 1. The molecule has 8 heteroatoms. The second-order valence-electron chi connectivity index (χ2n) is 8.80. The molecular weight excluding hydrogens is 454 g/mol. The van der Waals surface area contributed by atoms with Crippen molar-refractivity contribution in [3.05, 3.63) is 82.9 Å². The lowest BCUT2D eigenvalue weighted by atomic mass is 9.87. The fourth-order valence-electron chi connectivity index (χ4n) is 4.47. The molecule has 0 saturated heterocycles. The molecule has 5 rings (SSSR count). The van der Waals surface area contributed by atoms with E-state index in [9.17, 15) is 18.4 Å². The number of nitriles is 1. The average molecular weight is 474 g/mol. The van der Waals surface area contributed by atoms with Gasteiger partial charge in [0.15, 0.2) is 17.7 Å². The Morgan fingerprint density at radius 2 is 1.71 bits per heavy atom. The van der Waals surface area contributed by atoms with E-state index in [1.807, 2.05) is 25.1 Å². The molecule has 3 aromatic rings. The van der Waals surface area contributed by atoms with Crippen molar-refractivity contribution in [3.8, 4) is 28.8 Å². The van der Waals surface area contributed by atoms with E-state index in [1.165, 1.54) is 12.1 Å². The Morgan fingerprint density at radius 1 is 1.00 bits per heavy atom. The van der Waals surface area contributed by atoms with Gasteiger partial charge in [-0.25, -0.2) is 0 Å². The number of amides is 1. The molecule has 0 bridgehead atoms. The van der Waals surface area contributed by atoms with Crippen molar-refractivity contribution in [2.75, 3.05) is 0 Å². The molecule has 1 saturated carbocycles. The Morgan fingerprint density at radius 3 is 2.40 bits per heavy atom. The van der Waals surface area contributed by atoms with Gasteiger partial charge < -0.3 is 9.47 Å². The van der Waals surface area contributed by atoms with Crippen molar-refractivity contribution >= 4 is 11.7 Å². The summed E-state index contributed by atoms with van der Waals surface area (Å²) in [4.78, 5) is 25.2. The molecule has 1 amide bonds. The van der Waals surface area contributed by atoms with Gasteiger partial charge in [0.25, 0.3) is 5.91 Å². The van der Waals surface area contributed by atoms with Crippen molar-refractivity contribution in [1.29, 1.82) is 5.26 Å². The van der Waals surface area contributed by atoms with Gasteiger partial charge in [0.2, 0.25) is 0 Å². The molecule has 6 nitrogen and oxygen atoms in total. The quantitative estimate of drug-likeness (QED) is 0.400. The minimum atomic E-state index is -3.70. The Kier molecular flexibility index (Phi) is 5.28. The summed E-state index contributed by atoms with van der Waals surface area (Å²) < 4.78 is 35.8. The maximum absolute atomic E-state index is 13.4. The second-order valence-corrected chi connectivity index (χ2v) is 8.80. The van der Waals surface area contributed by atoms with E-state index in [-0.39, 0.29) is 23.7 Å². The lowest BCUT2D eigenvalue weighted by Gasteiger charge is -2.16. The van der Waals surface area contributed by atoms with Crippen molar-refractivity contribution in [2.45, 2.75) is 37.9 Å². The summed E-state index contributed by atoms with van der Waals surface area (Å²) in [7, 11) is 0. The first kappa shape index (κ1) is 22.5. The number of ether oxygens (including phenoxy) is 2. The van der Waals surface area contributed by atoms with E-state index in [1.54, 1.807) is 36.5 Å². The van der Waals surface area contributed by atoms with E-state index in [0.717, 1.165) is 22.3 Å². The molecule has 1 aliphatic heterocycles. The summed E-state index contributed by atoms with van der Waals surface area (Å²) >= 11 is 0. The zero-order valence-corrected chi connectivity index (χ0v) is 18.7. The monoisotopic (exact) mass is 474 g/mol. The molecule has 176 valence electrons. The van der Waals surface area contributed by atoms with E-state index in [2.05, 4.69) is 14.8 Å². The molecule has 0 radical (unpaired) electrons. The molecule has 0 spiro atoms. The van der Waals surface area contributed by atoms with Crippen molar-refractivity contribution in [2.24, 2.45) is 0 Å². The van der Waals surface area contributed by atoms with Gasteiger partial charge in [-0.3, -0.25) is 14.9 Å². The molecule has 1 fully saturated rings. The Bertz CT molecular complexity index is 1390. The zero-order chi connectivity index (χ0) is 24.8. The van der Waals surface area contributed by atoms with Crippen molar-refractivity contribution in [1.82, 2.24) is 5.32 Å². The predicted octanol–water partition coefficient (Wildman–Crippen LogP) is 5.04. The average Bonchev–Trinajstić information content (AvgIpc) is 3.57. The van der Waals surface area contributed by atoms with Gasteiger partial charge >= 0.3 is 6.29 Å². The molecule has 1 N–H and O–H groups in total. The van der Waals surface area contributed by atoms with E-state index >= 15 is 0 Å². The second kappa shape index (κ2) is 8.20. The third-order valence-corrected chi connectivity index (χ3v) is 6.53. The van der Waals surface area contributed by atoms with Crippen LogP contribution < -0.4 is 14.8 Å². The number of Topliss-reactive ketones (excluding diaryl/α,β-unsaturated/α-hetero) is 1. The maximum atomic E-state index is 13.4. The number of aryl methyl sites for hydroxylation is 1. The Hall–Kier alpha value is -4.25. The van der Waals surface area contributed by atoms with Crippen LogP contribution in [0, 0.1) is 18.4 Å². The smallest absolute Gasteiger partial charge is 0.395 e. The van der Waals surface area contributed by atoms with Crippen LogP contribution in [-0.4, -0.2) is 18.0 Å². The fourth-order valence-corrected chi connectivity index (χ4v) is 4.47. The van der Waals surface area contributed by atoms with E-state index < -0.39 is 17.6 Å². The molecule has 0 aromatic heterocycles. The van der Waals surface area contributed by atoms with Gasteiger partial charge in [-0.2, -0.15) is 5.26 Å². The zero-order valence-electron chi connectivity index (χ0n) is 18.7. The molecule has 1 heterocycles. The highest BCUT2D eigenvalue weighted by Crippen LogP contribution is 2.52. The largest absolute Gasteiger partial charge is 0.586 e. The minimum absolute atomic E-state index is 0.0152. The van der Waals surface area contributed by atoms with Crippen molar-refractivity contribution in [3.63, 3.8) is 0 Å². The van der Waals surface area contributed by atoms with Crippen LogP contribution >= 0.6 is 0 Å². The number of fused-ring (bicyclic) bond motifs is 1. The van der Waals surface area contributed by atoms with Crippen LogP contribution in [0.25, 0.3) is 11.1 Å². The van der Waals surface area contributed by atoms with Crippen LogP contribution in [0.1, 0.15) is 39.9 Å². The number of rotatable bonds is 6. The molecule has 3 aromatic carbocycles. The lowest BCUT2D eigenvalue weighted by molar-refractivity contribution is -0.286. The predicted molar refractivity (Wildman–Crippen MR) is 122 cm³/mol. The molecule has 35 heavy (non-hydrogen) atoms. The number of carbonyl (C=O) groups is 2. The maximum Gasteiger partial charge on any atom is 0.586 e. The summed E-state index contributed by atoms with van der Waals surface area (Å²) in [5.74, 6) is -0.559. The van der Waals surface area contributed by atoms with Gasteiger partial charge in [0.05, 0.1) is 5.41 Å². The van der Waals surface area contributed by atoms with Crippen molar-refractivity contribution < 1.29 is 27.8 Å². The van der Waals surface area contributed by atoms with E-state index in [0.29, 0.717) is 24.0 Å². The first-order valence-corrected chi connectivity index (χ1v) is 11.0. The molecule has 1 aliphatic carbocycles. The van der Waals surface area contributed by atoms with Crippen LogP contribution in [0.15, 0.2) is 60.7 Å². The van der Waals surface area contributed by atoms with Gasteiger partial charge in [-0.1, -0.05) is 36.4 Å². The number of benzene rings is 3. The van der Waals surface area contributed by atoms with Crippen LogP contribution in [0.5, 0.6) is 11.5 Å². The van der Waals surface area contributed by atoms with Crippen LogP contribution in [0.3, 0.4) is 0 Å². The third-order valence-electron chi connectivity index (χ3n) is 6.53. The fraction of sp³-hybridized carbons (Fsp3) is 0.222. The number of ketones is 1. The van der Waals surface area contributed by atoms with Gasteiger partial charge in [0, 0.05) is 12.0 Å². The minimum Gasteiger partial charge on any atom is -0.395 e. The van der Waals surface area contributed by atoms with Gasteiger partial charge in [-0.15, -0.1) is 8.78 Å². The molecule has 0 atom stereocenters. The number of halogens is 2. The highest BCUT2D eigenvalue weighted by molar-refractivity contribution is 5.96. The molecular formula is C27H20F2N2O4. The summed E-state index contributed by atoms with van der Waals surface area (Å²) in [5, 5.41) is 10.7. The summed E-state index contributed by atoms with van der Waals surface area (Å²) in [6, 6.07) is 17.2. The third kappa shape index (κ3) is 4.21. The first-order valence-electron chi connectivity index (χ1n) is 11.0. The number of hydrogen-bond acceptors (Lipinski definition) is 5. The summed E-state index contributed by atoms with van der Waals surface area (Å²) in [6.45, 7) is 1.96. The summed E-state index contributed by atoms with van der Waals surface area (Å²) in [5.41, 5.74) is 3.96. The lowest BCUT2D eigenvalue weighted by Crippen LogP contribution is -2.26. The molecule has 0 unspecified atom stereocenters. The molecule has 2 aliphatic rings. The van der Waals surface area contributed by atoms with Crippen LogP contribution in [0.2, 0.25) is 0 Å².